The van der Waals surface area contributed by atoms with Crippen LogP contribution in [0.3, 0.4) is 0 Å². The number of rotatable bonds is 12. The van der Waals surface area contributed by atoms with Crippen molar-refractivity contribution in [2.24, 2.45) is 5.10 Å². The van der Waals surface area contributed by atoms with Gasteiger partial charge in [0, 0.05) is 70.0 Å². The number of imide groups is 2. The molecule has 0 atom stereocenters. The fraction of sp³-hybridized carbons (Fsp3) is 0.270. The maximum absolute atomic E-state index is 13.6. The first-order valence-corrected chi connectivity index (χ1v) is 16.9. The van der Waals surface area contributed by atoms with Crippen LogP contribution in [0.15, 0.2) is 78.4 Å². The summed E-state index contributed by atoms with van der Waals surface area (Å²) < 4.78 is 1.77. The average molecular weight is 685 g/mol. The highest BCUT2D eigenvalue weighted by atomic mass is 16.2. The first-order valence-electron chi connectivity index (χ1n) is 16.9. The molecule has 4 amide bonds. The number of aromatic nitrogens is 3. The molecule has 1 N–H and O–H groups in total. The topological polar surface area (TPSA) is 140 Å². The van der Waals surface area contributed by atoms with Crippen molar-refractivity contribution in [3.8, 4) is 5.69 Å². The van der Waals surface area contributed by atoms with Crippen LogP contribution >= 0.6 is 0 Å². The smallest absolute Gasteiger partial charge is 0.261 e. The molecule has 0 unspecified atom stereocenters. The third kappa shape index (κ3) is 5.58. The number of carbonyl (C=O) groups is 4. The van der Waals surface area contributed by atoms with Crippen LogP contribution in [0.25, 0.3) is 27.2 Å². The number of nitrogens with one attached hydrogen (secondary N) is 1. The summed E-state index contributed by atoms with van der Waals surface area (Å²) in [7, 11) is 3.95. The highest BCUT2D eigenvalue weighted by Gasteiger charge is 2.35. The molecular formula is C37H36N10O4. The monoisotopic (exact) mass is 684 g/mol. The number of hydrogen-bond donors (Lipinski definition) is 1. The van der Waals surface area contributed by atoms with Gasteiger partial charge in [0.2, 0.25) is 0 Å². The molecule has 14 heteroatoms. The summed E-state index contributed by atoms with van der Waals surface area (Å²) in [5.74, 6) is -1.17. The highest BCUT2D eigenvalue weighted by molar-refractivity contribution is 6.28. The fourth-order valence-corrected chi connectivity index (χ4v) is 7.26. The van der Waals surface area contributed by atoms with Gasteiger partial charge in [-0.2, -0.15) is 5.10 Å². The largest absolute Gasteiger partial charge is 0.311 e. The van der Waals surface area contributed by atoms with E-state index in [2.05, 4.69) is 30.5 Å². The number of hydrazone groups is 1. The van der Waals surface area contributed by atoms with Crippen LogP contribution in [0.2, 0.25) is 0 Å². The number of carbonyl (C=O) groups excluding carboxylic acids is 4. The van der Waals surface area contributed by atoms with Gasteiger partial charge in [-0.25, -0.2) is 0 Å². The zero-order valence-corrected chi connectivity index (χ0v) is 28.3. The molecule has 0 bridgehead atoms. The summed E-state index contributed by atoms with van der Waals surface area (Å²) in [6, 6.07) is 18.4. The van der Waals surface area contributed by atoms with Gasteiger partial charge in [0.05, 0.1) is 11.4 Å². The van der Waals surface area contributed by atoms with Gasteiger partial charge in [0.1, 0.15) is 25.7 Å². The van der Waals surface area contributed by atoms with Crippen molar-refractivity contribution in [1.82, 2.24) is 39.8 Å². The van der Waals surface area contributed by atoms with Gasteiger partial charge in [0.15, 0.2) is 0 Å². The molecule has 0 radical (unpaired) electrons. The van der Waals surface area contributed by atoms with E-state index in [4.69, 9.17) is 0 Å². The number of amides is 4. The average Bonchev–Trinajstić information content (AvgIpc) is 3.88. The SMILES string of the molecule is CN(CCCN(C)CCN1C(=O)c2cccc3c(-n4cnnc4)ccc(c23)C1=O)CCN1C(=O)c2cccc3c(N4C=NNC4)ccc(c23)C1=O. The minimum atomic E-state index is -0.299. The van der Waals surface area contributed by atoms with Crippen LogP contribution in [-0.2, 0) is 0 Å². The Labute approximate surface area is 293 Å². The summed E-state index contributed by atoms with van der Waals surface area (Å²) in [5.41, 5.74) is 6.67. The molecule has 0 saturated carbocycles. The van der Waals surface area contributed by atoms with E-state index < -0.39 is 0 Å². The van der Waals surface area contributed by atoms with Crippen molar-refractivity contribution in [2.75, 3.05) is 64.9 Å². The summed E-state index contributed by atoms with van der Waals surface area (Å²) in [6.45, 7) is 3.60. The van der Waals surface area contributed by atoms with Gasteiger partial charge >= 0.3 is 0 Å². The first kappa shape index (κ1) is 32.2. The number of likely N-dealkylation sites (N-methyl/N-ethyl adjacent to an activating group) is 2. The second-order valence-electron chi connectivity index (χ2n) is 13.1. The molecular weight excluding hydrogens is 648 g/mol. The molecule has 1 aromatic heterocycles. The first-order chi connectivity index (χ1) is 24.8. The maximum atomic E-state index is 13.6. The van der Waals surface area contributed by atoms with Gasteiger partial charge in [-0.1, -0.05) is 24.3 Å². The lowest BCUT2D eigenvalue weighted by Crippen LogP contribution is -2.45. The van der Waals surface area contributed by atoms with Crippen molar-refractivity contribution >= 4 is 57.2 Å². The minimum Gasteiger partial charge on any atom is -0.311 e. The highest BCUT2D eigenvalue weighted by Crippen LogP contribution is 2.36. The van der Waals surface area contributed by atoms with Crippen LogP contribution in [0.1, 0.15) is 47.9 Å². The van der Waals surface area contributed by atoms with Crippen molar-refractivity contribution in [2.45, 2.75) is 6.42 Å². The Morgan fingerprint density at radius 2 is 1.12 bits per heavy atom. The number of anilines is 1. The standard InChI is InChI=1S/C37H36N10O4/c1-42(16-18-46-34(48)26-8-3-6-24-30(44-20-38-39-21-44)12-10-28(32(24)26)36(46)50)14-5-15-43(2)17-19-47-35(49)27-9-4-7-25-31(45-22-40-41-23-45)13-11-29(33(25)27)37(47)51/h3-4,6-13,20-22,41H,5,14-19,23H2,1-2H3. The third-order valence-corrected chi connectivity index (χ3v) is 9.96. The summed E-state index contributed by atoms with van der Waals surface area (Å²) >= 11 is 0. The number of hydrogen-bond acceptors (Lipinski definition) is 11. The van der Waals surface area contributed by atoms with E-state index >= 15 is 0 Å². The van der Waals surface area contributed by atoms with E-state index in [9.17, 15) is 19.2 Å². The lowest BCUT2D eigenvalue weighted by Gasteiger charge is -2.30. The van der Waals surface area contributed by atoms with E-state index in [1.54, 1.807) is 47.8 Å². The third-order valence-electron chi connectivity index (χ3n) is 9.96. The summed E-state index contributed by atoms with van der Waals surface area (Å²) in [5, 5.41) is 14.8. The molecule has 4 aromatic carbocycles. The number of nitrogens with zero attached hydrogens (tertiary/aromatic N) is 9. The van der Waals surface area contributed by atoms with E-state index in [0.29, 0.717) is 52.8 Å². The lowest BCUT2D eigenvalue weighted by molar-refractivity contribution is 0.0585. The quantitative estimate of drug-likeness (QED) is 0.195. The summed E-state index contributed by atoms with van der Waals surface area (Å²) in [4.78, 5) is 63.1. The van der Waals surface area contributed by atoms with Crippen molar-refractivity contribution in [3.05, 3.63) is 95.6 Å². The Bertz CT molecular complexity index is 2210. The Balaban J connectivity index is 0.846. The second kappa shape index (κ2) is 13.0. The van der Waals surface area contributed by atoms with Gasteiger partial charge in [0.25, 0.3) is 23.6 Å². The molecule has 3 aliphatic heterocycles. The predicted molar refractivity (Wildman–Crippen MR) is 192 cm³/mol. The Morgan fingerprint density at radius 3 is 1.63 bits per heavy atom. The zero-order chi connectivity index (χ0) is 35.2. The minimum absolute atomic E-state index is 0.268. The molecule has 8 rings (SSSR count). The Morgan fingerprint density at radius 1 is 0.627 bits per heavy atom. The van der Waals surface area contributed by atoms with Crippen LogP contribution in [-0.4, -0.2) is 124 Å². The molecule has 5 aromatic rings. The van der Waals surface area contributed by atoms with Crippen molar-refractivity contribution in [1.29, 1.82) is 0 Å². The van der Waals surface area contributed by atoms with Gasteiger partial charge < -0.3 is 14.7 Å². The van der Waals surface area contributed by atoms with Gasteiger partial charge in [-0.15, -0.1) is 10.2 Å². The van der Waals surface area contributed by atoms with E-state index in [1.165, 1.54) is 9.80 Å². The molecule has 51 heavy (non-hydrogen) atoms. The molecule has 0 spiro atoms. The van der Waals surface area contributed by atoms with E-state index in [0.717, 1.165) is 41.7 Å². The van der Waals surface area contributed by atoms with Gasteiger partial charge in [-0.05, 0) is 70.0 Å². The molecule has 4 heterocycles. The second-order valence-corrected chi connectivity index (χ2v) is 13.1. The van der Waals surface area contributed by atoms with Crippen LogP contribution in [0.5, 0.6) is 0 Å². The Hall–Kier alpha value is -5.99. The number of benzene rings is 4. The molecule has 3 aliphatic rings. The molecule has 14 nitrogen and oxygen atoms in total. The van der Waals surface area contributed by atoms with E-state index in [-0.39, 0.29) is 36.7 Å². The fourth-order valence-electron chi connectivity index (χ4n) is 7.26. The molecule has 258 valence electrons. The lowest BCUT2D eigenvalue weighted by atomic mass is 9.93. The molecule has 0 aliphatic carbocycles. The van der Waals surface area contributed by atoms with Crippen molar-refractivity contribution < 1.29 is 19.2 Å². The molecule has 0 fully saturated rings. The Kier molecular flexibility index (Phi) is 8.24. The van der Waals surface area contributed by atoms with Crippen LogP contribution in [0.4, 0.5) is 5.69 Å². The predicted octanol–water partition coefficient (Wildman–Crippen LogP) is 3.03. The van der Waals surface area contributed by atoms with Crippen molar-refractivity contribution in [3.63, 3.8) is 0 Å². The normalized spacial score (nSPS) is 15.4. The van der Waals surface area contributed by atoms with Crippen LogP contribution < -0.4 is 10.3 Å². The van der Waals surface area contributed by atoms with Crippen LogP contribution in [0, 0.1) is 0 Å². The maximum Gasteiger partial charge on any atom is 0.261 e. The molecule has 0 saturated heterocycles. The zero-order valence-electron chi connectivity index (χ0n) is 28.3. The van der Waals surface area contributed by atoms with Gasteiger partial charge in [-0.3, -0.25) is 39.0 Å². The van der Waals surface area contributed by atoms with E-state index in [1.807, 2.05) is 55.4 Å². The summed E-state index contributed by atoms with van der Waals surface area (Å²) in [6.07, 6.45) is 5.70.